The van der Waals surface area contributed by atoms with Gasteiger partial charge in [-0.15, -0.1) is 0 Å². The van der Waals surface area contributed by atoms with Crippen LogP contribution < -0.4 is 10.3 Å². The molecule has 0 fully saturated rings. The van der Waals surface area contributed by atoms with Crippen molar-refractivity contribution in [3.8, 4) is 17.1 Å². The topological polar surface area (TPSA) is 70.8 Å². The summed E-state index contributed by atoms with van der Waals surface area (Å²) in [5, 5.41) is 0.927. The number of nitrogens with zero attached hydrogens (tertiary/aromatic N) is 1. The second-order valence-electron chi connectivity index (χ2n) is 5.07. The van der Waals surface area contributed by atoms with E-state index in [-0.39, 0.29) is 5.56 Å². The molecule has 0 aliphatic rings. The third-order valence-corrected chi connectivity index (χ3v) is 3.70. The van der Waals surface area contributed by atoms with E-state index in [0.29, 0.717) is 17.1 Å². The standard InChI is InChI=1S/C17H13N3O2/c1-22-11-7-6-10-8-12(17(21)20-15(10)9-11)16-18-13-4-2-3-5-14(13)19-16/h2-9H,1H3,(H,18,19)(H,20,21). The highest BCUT2D eigenvalue weighted by Crippen LogP contribution is 2.23. The van der Waals surface area contributed by atoms with Gasteiger partial charge >= 0.3 is 0 Å². The summed E-state index contributed by atoms with van der Waals surface area (Å²) >= 11 is 0. The van der Waals surface area contributed by atoms with Gasteiger partial charge in [0.2, 0.25) is 0 Å². The van der Waals surface area contributed by atoms with Gasteiger partial charge in [0.1, 0.15) is 11.6 Å². The molecule has 108 valence electrons. The summed E-state index contributed by atoms with van der Waals surface area (Å²) in [4.78, 5) is 22.9. The van der Waals surface area contributed by atoms with E-state index in [1.807, 2.05) is 42.5 Å². The number of hydrogen-bond donors (Lipinski definition) is 2. The van der Waals surface area contributed by atoms with Gasteiger partial charge in [-0.2, -0.15) is 0 Å². The average Bonchev–Trinajstić information content (AvgIpc) is 2.97. The lowest BCUT2D eigenvalue weighted by molar-refractivity contribution is 0.415. The van der Waals surface area contributed by atoms with Crippen LogP contribution in [0.1, 0.15) is 0 Å². The van der Waals surface area contributed by atoms with E-state index in [2.05, 4.69) is 15.0 Å². The van der Waals surface area contributed by atoms with Crippen LogP contribution in [0.25, 0.3) is 33.3 Å². The Morgan fingerprint density at radius 1 is 1.00 bits per heavy atom. The number of aromatic nitrogens is 3. The summed E-state index contributed by atoms with van der Waals surface area (Å²) < 4.78 is 5.18. The molecule has 0 saturated heterocycles. The summed E-state index contributed by atoms with van der Waals surface area (Å²) in [5.41, 5.74) is 2.83. The van der Waals surface area contributed by atoms with Crippen LogP contribution in [0.15, 0.2) is 53.3 Å². The SMILES string of the molecule is COc1ccc2cc(-c3nc4ccccc4[nH]3)c(=O)[nH]c2c1. The number of nitrogens with one attached hydrogen (secondary N) is 2. The fourth-order valence-corrected chi connectivity index (χ4v) is 2.56. The van der Waals surface area contributed by atoms with Crippen LogP contribution in [-0.4, -0.2) is 22.1 Å². The van der Waals surface area contributed by atoms with E-state index >= 15 is 0 Å². The van der Waals surface area contributed by atoms with Crippen molar-refractivity contribution in [3.05, 3.63) is 58.9 Å². The van der Waals surface area contributed by atoms with Gasteiger partial charge in [0, 0.05) is 6.07 Å². The van der Waals surface area contributed by atoms with Gasteiger partial charge in [-0.25, -0.2) is 4.98 Å². The van der Waals surface area contributed by atoms with Crippen molar-refractivity contribution in [2.24, 2.45) is 0 Å². The predicted molar refractivity (Wildman–Crippen MR) is 86.2 cm³/mol. The highest BCUT2D eigenvalue weighted by atomic mass is 16.5. The summed E-state index contributed by atoms with van der Waals surface area (Å²) in [6, 6.07) is 15.1. The Hall–Kier alpha value is -3.08. The summed E-state index contributed by atoms with van der Waals surface area (Å²) in [7, 11) is 1.60. The number of H-pyrrole nitrogens is 2. The summed E-state index contributed by atoms with van der Waals surface area (Å²) in [5.74, 6) is 1.28. The molecule has 0 unspecified atom stereocenters. The van der Waals surface area contributed by atoms with Crippen LogP contribution in [0, 0.1) is 0 Å². The minimum atomic E-state index is -0.181. The third-order valence-electron chi connectivity index (χ3n) is 3.70. The highest BCUT2D eigenvalue weighted by molar-refractivity contribution is 5.85. The number of rotatable bonds is 2. The molecule has 4 rings (SSSR count). The lowest BCUT2D eigenvalue weighted by Gasteiger charge is -2.04. The zero-order valence-electron chi connectivity index (χ0n) is 11.9. The molecule has 2 N–H and O–H groups in total. The van der Waals surface area contributed by atoms with E-state index < -0.39 is 0 Å². The molecule has 0 spiro atoms. The van der Waals surface area contributed by atoms with Crippen LogP contribution >= 0.6 is 0 Å². The number of para-hydroxylation sites is 2. The zero-order valence-corrected chi connectivity index (χ0v) is 11.9. The second kappa shape index (κ2) is 4.73. The minimum absolute atomic E-state index is 0.181. The first-order valence-corrected chi connectivity index (χ1v) is 6.91. The first-order valence-electron chi connectivity index (χ1n) is 6.91. The number of ether oxygens (including phenoxy) is 1. The zero-order chi connectivity index (χ0) is 15.1. The van der Waals surface area contributed by atoms with Gasteiger partial charge in [-0.3, -0.25) is 4.79 Å². The minimum Gasteiger partial charge on any atom is -0.497 e. The largest absolute Gasteiger partial charge is 0.497 e. The smallest absolute Gasteiger partial charge is 0.259 e. The lowest BCUT2D eigenvalue weighted by atomic mass is 10.1. The molecule has 0 aliphatic carbocycles. The van der Waals surface area contributed by atoms with E-state index in [4.69, 9.17) is 4.74 Å². The Bertz CT molecular complexity index is 1010. The number of imidazole rings is 1. The second-order valence-corrected chi connectivity index (χ2v) is 5.07. The van der Waals surface area contributed by atoms with Gasteiger partial charge in [-0.1, -0.05) is 12.1 Å². The highest BCUT2D eigenvalue weighted by Gasteiger charge is 2.10. The maximum atomic E-state index is 12.4. The first-order chi connectivity index (χ1) is 10.7. The van der Waals surface area contributed by atoms with Crippen LogP contribution in [0.4, 0.5) is 0 Å². The molecule has 2 aromatic heterocycles. The molecule has 2 aromatic carbocycles. The van der Waals surface area contributed by atoms with E-state index in [9.17, 15) is 4.79 Å². The fraction of sp³-hybridized carbons (Fsp3) is 0.0588. The van der Waals surface area contributed by atoms with Crippen molar-refractivity contribution in [3.63, 3.8) is 0 Å². The van der Waals surface area contributed by atoms with E-state index in [1.165, 1.54) is 0 Å². The molecule has 0 amide bonds. The number of aromatic amines is 2. The Kier molecular flexibility index (Phi) is 2.72. The van der Waals surface area contributed by atoms with Gasteiger partial charge in [0.25, 0.3) is 5.56 Å². The molecule has 0 atom stereocenters. The van der Waals surface area contributed by atoms with Crippen molar-refractivity contribution < 1.29 is 4.74 Å². The van der Waals surface area contributed by atoms with Gasteiger partial charge < -0.3 is 14.7 Å². The number of benzene rings is 2. The maximum Gasteiger partial charge on any atom is 0.259 e. The normalized spacial score (nSPS) is 11.1. The molecule has 0 bridgehead atoms. The molecule has 4 aromatic rings. The number of pyridine rings is 1. The molecule has 22 heavy (non-hydrogen) atoms. The lowest BCUT2D eigenvalue weighted by Crippen LogP contribution is -2.09. The molecule has 0 radical (unpaired) electrons. The third kappa shape index (κ3) is 1.95. The van der Waals surface area contributed by atoms with Crippen molar-refractivity contribution in [1.82, 2.24) is 15.0 Å². The van der Waals surface area contributed by atoms with Crippen LogP contribution in [0.2, 0.25) is 0 Å². The Balaban J connectivity index is 1.94. The predicted octanol–water partition coefficient (Wildman–Crippen LogP) is 3.08. The Labute approximate surface area is 125 Å². The van der Waals surface area contributed by atoms with Gasteiger partial charge in [0.05, 0.1) is 29.2 Å². The van der Waals surface area contributed by atoms with E-state index in [0.717, 1.165) is 21.9 Å². The fourth-order valence-electron chi connectivity index (χ4n) is 2.56. The molecule has 0 aliphatic heterocycles. The number of fused-ring (bicyclic) bond motifs is 2. The molecule has 0 saturated carbocycles. The van der Waals surface area contributed by atoms with E-state index in [1.54, 1.807) is 13.2 Å². The monoisotopic (exact) mass is 291 g/mol. The van der Waals surface area contributed by atoms with Gasteiger partial charge in [0.15, 0.2) is 0 Å². The molecular weight excluding hydrogens is 278 g/mol. The van der Waals surface area contributed by atoms with Gasteiger partial charge in [-0.05, 0) is 35.7 Å². The molecule has 5 heteroatoms. The molecular formula is C17H13N3O2. The molecule has 5 nitrogen and oxygen atoms in total. The Morgan fingerprint density at radius 2 is 1.86 bits per heavy atom. The first kappa shape index (κ1) is 12.6. The number of hydrogen-bond acceptors (Lipinski definition) is 3. The molecule has 2 heterocycles. The van der Waals surface area contributed by atoms with Crippen molar-refractivity contribution in [1.29, 1.82) is 0 Å². The summed E-state index contributed by atoms with van der Waals surface area (Å²) in [6.07, 6.45) is 0. The van der Waals surface area contributed by atoms with Crippen molar-refractivity contribution >= 4 is 21.9 Å². The quantitative estimate of drug-likeness (QED) is 0.596. The van der Waals surface area contributed by atoms with Crippen LogP contribution in [0.5, 0.6) is 5.75 Å². The van der Waals surface area contributed by atoms with Crippen molar-refractivity contribution in [2.75, 3.05) is 7.11 Å². The Morgan fingerprint density at radius 3 is 2.68 bits per heavy atom. The van der Waals surface area contributed by atoms with Crippen LogP contribution in [-0.2, 0) is 0 Å². The van der Waals surface area contributed by atoms with Crippen molar-refractivity contribution in [2.45, 2.75) is 0 Å². The van der Waals surface area contributed by atoms with Crippen LogP contribution in [0.3, 0.4) is 0 Å². The average molecular weight is 291 g/mol. The maximum absolute atomic E-state index is 12.4. The number of methoxy groups -OCH3 is 1. The summed E-state index contributed by atoms with van der Waals surface area (Å²) in [6.45, 7) is 0.